The molecule has 2 unspecified atom stereocenters. The molecule has 0 aliphatic carbocycles. The molecule has 25 heavy (non-hydrogen) atoms. The van der Waals surface area contributed by atoms with Crippen LogP contribution in [-0.2, 0) is 6.54 Å². The average molecular weight is 346 g/mol. The Morgan fingerprint density at radius 2 is 1.36 bits per heavy atom. The summed E-state index contributed by atoms with van der Waals surface area (Å²) < 4.78 is 0. The molecular weight excluding hydrogens is 302 g/mol. The lowest BCUT2D eigenvalue weighted by Crippen LogP contribution is -2.25. The van der Waals surface area contributed by atoms with Crippen LogP contribution < -0.4 is 0 Å². The first kappa shape index (κ1) is 22.2. The standard InChI is InChI=1S/C24H43N/c1-8-21(9-2)16-22(10-3)15-20(6)17-25(7)18-23-11-13-24(14-12-23)19(4)5/h11-14,19-22H,8-10,15-18H2,1-7H3. The van der Waals surface area contributed by atoms with Gasteiger partial charge in [0.15, 0.2) is 0 Å². The fourth-order valence-electron chi connectivity index (χ4n) is 4.08. The second-order valence-corrected chi connectivity index (χ2v) is 8.63. The lowest BCUT2D eigenvalue weighted by atomic mass is 9.84. The van der Waals surface area contributed by atoms with Gasteiger partial charge in [0, 0.05) is 13.1 Å². The van der Waals surface area contributed by atoms with E-state index in [1.165, 1.54) is 49.8 Å². The van der Waals surface area contributed by atoms with E-state index in [1.54, 1.807) is 0 Å². The topological polar surface area (TPSA) is 3.24 Å². The quantitative estimate of drug-likeness (QED) is 0.390. The summed E-state index contributed by atoms with van der Waals surface area (Å²) in [6, 6.07) is 9.19. The van der Waals surface area contributed by atoms with Crippen LogP contribution in [0.25, 0.3) is 0 Å². The minimum Gasteiger partial charge on any atom is -0.302 e. The first-order valence-electron chi connectivity index (χ1n) is 10.7. The molecule has 0 heterocycles. The van der Waals surface area contributed by atoms with Crippen molar-refractivity contribution in [3.63, 3.8) is 0 Å². The predicted octanol–water partition coefficient (Wildman–Crippen LogP) is 7.12. The SMILES string of the molecule is CCC(CC)CC(CC)CC(C)CN(C)Cc1ccc(C(C)C)cc1. The highest BCUT2D eigenvalue weighted by Gasteiger charge is 2.17. The average Bonchev–Trinajstić information content (AvgIpc) is 2.58. The third kappa shape index (κ3) is 8.40. The monoisotopic (exact) mass is 345 g/mol. The maximum absolute atomic E-state index is 2.50. The smallest absolute Gasteiger partial charge is 0.0230 e. The summed E-state index contributed by atoms with van der Waals surface area (Å²) in [5, 5.41) is 0. The van der Waals surface area contributed by atoms with Gasteiger partial charge in [-0.25, -0.2) is 0 Å². The Balaban J connectivity index is 2.45. The van der Waals surface area contributed by atoms with Gasteiger partial charge in [0.2, 0.25) is 0 Å². The van der Waals surface area contributed by atoms with Crippen molar-refractivity contribution >= 4 is 0 Å². The minimum atomic E-state index is 0.618. The highest BCUT2D eigenvalue weighted by atomic mass is 15.1. The fourth-order valence-corrected chi connectivity index (χ4v) is 4.08. The molecule has 1 nitrogen and oxygen atoms in total. The molecule has 1 aromatic rings. The summed E-state index contributed by atoms with van der Waals surface area (Å²) in [6.45, 7) is 16.3. The number of rotatable bonds is 12. The van der Waals surface area contributed by atoms with Gasteiger partial charge >= 0.3 is 0 Å². The van der Waals surface area contributed by atoms with Gasteiger partial charge in [-0.3, -0.25) is 0 Å². The van der Waals surface area contributed by atoms with Gasteiger partial charge in [0.1, 0.15) is 0 Å². The lowest BCUT2D eigenvalue weighted by Gasteiger charge is -2.27. The number of nitrogens with zero attached hydrogens (tertiary/aromatic N) is 1. The molecule has 0 aliphatic rings. The van der Waals surface area contributed by atoms with Crippen molar-refractivity contribution in [3.05, 3.63) is 35.4 Å². The van der Waals surface area contributed by atoms with E-state index in [9.17, 15) is 0 Å². The van der Waals surface area contributed by atoms with Crippen molar-refractivity contribution in [2.24, 2.45) is 17.8 Å². The summed E-state index contributed by atoms with van der Waals surface area (Å²) >= 11 is 0. The van der Waals surface area contributed by atoms with E-state index in [4.69, 9.17) is 0 Å². The number of hydrogen-bond donors (Lipinski definition) is 0. The Morgan fingerprint density at radius 3 is 1.84 bits per heavy atom. The van der Waals surface area contributed by atoms with E-state index >= 15 is 0 Å². The van der Waals surface area contributed by atoms with Crippen LogP contribution in [0, 0.1) is 17.8 Å². The first-order valence-corrected chi connectivity index (χ1v) is 10.7. The van der Waals surface area contributed by atoms with E-state index in [1.807, 2.05) is 0 Å². The molecule has 0 aromatic heterocycles. The van der Waals surface area contributed by atoms with E-state index in [0.717, 1.165) is 24.3 Å². The van der Waals surface area contributed by atoms with Crippen molar-refractivity contribution in [2.75, 3.05) is 13.6 Å². The van der Waals surface area contributed by atoms with Gasteiger partial charge in [0.05, 0.1) is 0 Å². The van der Waals surface area contributed by atoms with Crippen molar-refractivity contribution in [1.82, 2.24) is 4.90 Å². The lowest BCUT2D eigenvalue weighted by molar-refractivity contribution is 0.230. The molecule has 0 saturated heterocycles. The van der Waals surface area contributed by atoms with Crippen molar-refractivity contribution in [1.29, 1.82) is 0 Å². The van der Waals surface area contributed by atoms with Gasteiger partial charge < -0.3 is 4.90 Å². The van der Waals surface area contributed by atoms with Crippen LogP contribution in [0.3, 0.4) is 0 Å². The van der Waals surface area contributed by atoms with Crippen LogP contribution in [0.15, 0.2) is 24.3 Å². The van der Waals surface area contributed by atoms with Crippen LogP contribution in [0.1, 0.15) is 90.7 Å². The van der Waals surface area contributed by atoms with Gasteiger partial charge in [-0.2, -0.15) is 0 Å². The van der Waals surface area contributed by atoms with E-state index in [2.05, 4.69) is 77.8 Å². The summed E-state index contributed by atoms with van der Waals surface area (Å²) in [4.78, 5) is 2.50. The molecule has 0 N–H and O–H groups in total. The maximum atomic E-state index is 2.50. The van der Waals surface area contributed by atoms with Crippen molar-refractivity contribution < 1.29 is 0 Å². The largest absolute Gasteiger partial charge is 0.302 e. The molecule has 0 radical (unpaired) electrons. The molecular formula is C24H43N. The predicted molar refractivity (Wildman–Crippen MR) is 113 cm³/mol. The normalized spacial score (nSPS) is 14.5. The highest BCUT2D eigenvalue weighted by molar-refractivity contribution is 5.24. The molecule has 0 fully saturated rings. The molecule has 0 saturated carbocycles. The summed E-state index contributed by atoms with van der Waals surface area (Å²) in [5.74, 6) is 3.22. The maximum Gasteiger partial charge on any atom is 0.0230 e. The van der Waals surface area contributed by atoms with Gasteiger partial charge in [-0.15, -0.1) is 0 Å². The van der Waals surface area contributed by atoms with Gasteiger partial charge in [-0.1, -0.05) is 85.1 Å². The van der Waals surface area contributed by atoms with E-state index < -0.39 is 0 Å². The Bertz CT molecular complexity index is 444. The molecule has 0 bridgehead atoms. The number of hydrogen-bond acceptors (Lipinski definition) is 1. The van der Waals surface area contributed by atoms with Gasteiger partial charge in [0.25, 0.3) is 0 Å². The van der Waals surface area contributed by atoms with Crippen LogP contribution in [0.5, 0.6) is 0 Å². The van der Waals surface area contributed by atoms with Gasteiger partial charge in [-0.05, 0) is 54.7 Å². The third-order valence-corrected chi connectivity index (χ3v) is 5.86. The molecule has 144 valence electrons. The van der Waals surface area contributed by atoms with Crippen LogP contribution in [0.2, 0.25) is 0 Å². The van der Waals surface area contributed by atoms with E-state index in [-0.39, 0.29) is 0 Å². The zero-order valence-corrected chi connectivity index (χ0v) is 18.0. The second-order valence-electron chi connectivity index (χ2n) is 8.63. The van der Waals surface area contributed by atoms with Crippen LogP contribution >= 0.6 is 0 Å². The third-order valence-electron chi connectivity index (χ3n) is 5.86. The van der Waals surface area contributed by atoms with Crippen molar-refractivity contribution in [3.8, 4) is 0 Å². The Morgan fingerprint density at radius 1 is 0.800 bits per heavy atom. The molecule has 0 spiro atoms. The minimum absolute atomic E-state index is 0.618. The summed E-state index contributed by atoms with van der Waals surface area (Å²) in [5.41, 5.74) is 2.87. The Hall–Kier alpha value is -0.820. The van der Waals surface area contributed by atoms with Crippen LogP contribution in [0.4, 0.5) is 0 Å². The molecule has 1 heteroatoms. The Labute approximate surface area is 158 Å². The summed E-state index contributed by atoms with van der Waals surface area (Å²) in [7, 11) is 2.27. The first-order chi connectivity index (χ1) is 11.9. The second kappa shape index (κ2) is 11.7. The highest BCUT2D eigenvalue weighted by Crippen LogP contribution is 2.27. The zero-order chi connectivity index (χ0) is 18.8. The summed E-state index contributed by atoms with van der Waals surface area (Å²) in [6.07, 6.45) is 6.82. The molecule has 0 amide bonds. The van der Waals surface area contributed by atoms with E-state index in [0.29, 0.717) is 5.92 Å². The zero-order valence-electron chi connectivity index (χ0n) is 18.0. The molecule has 1 aromatic carbocycles. The number of benzene rings is 1. The molecule has 0 aliphatic heterocycles. The van der Waals surface area contributed by atoms with Crippen LogP contribution in [-0.4, -0.2) is 18.5 Å². The Kier molecular flexibility index (Phi) is 10.4. The van der Waals surface area contributed by atoms with Crippen molar-refractivity contribution in [2.45, 2.75) is 86.1 Å². The fraction of sp³-hybridized carbons (Fsp3) is 0.750. The molecule has 2 atom stereocenters. The molecule has 1 rings (SSSR count).